The summed E-state index contributed by atoms with van der Waals surface area (Å²) in [4.78, 5) is 47.7. The van der Waals surface area contributed by atoms with Gasteiger partial charge >= 0.3 is 11.9 Å². The van der Waals surface area contributed by atoms with Crippen LogP contribution in [-0.4, -0.2) is 22.4 Å². The lowest BCUT2D eigenvalue weighted by Crippen LogP contribution is -2.09. The van der Waals surface area contributed by atoms with Crippen molar-refractivity contribution in [2.45, 2.75) is 12.8 Å². The Kier molecular flexibility index (Phi) is 6.85. The number of carbonyl (C=O) groups excluding carboxylic acids is 4. The van der Waals surface area contributed by atoms with Crippen molar-refractivity contribution in [3.05, 3.63) is 118 Å². The molecular weight excluding hydrogens is 527 g/mol. The summed E-state index contributed by atoms with van der Waals surface area (Å²) in [6.07, 6.45) is 0. The zero-order valence-corrected chi connectivity index (χ0v) is 21.4. The average molecular weight is 545 g/mol. The highest BCUT2D eigenvalue weighted by Crippen LogP contribution is 2.47. The van der Waals surface area contributed by atoms with E-state index in [1.165, 1.54) is 48.5 Å². The van der Waals surface area contributed by atoms with E-state index >= 15 is 0 Å². The summed E-state index contributed by atoms with van der Waals surface area (Å²) >= 11 is 10.9. The van der Waals surface area contributed by atoms with Crippen LogP contribution in [0, 0.1) is 0 Å². The molecule has 5 rings (SSSR count). The Morgan fingerprint density at radius 3 is 1.24 bits per heavy atom. The van der Waals surface area contributed by atoms with Crippen molar-refractivity contribution < 1.29 is 28.7 Å². The van der Waals surface area contributed by atoms with Crippen LogP contribution in [0.25, 0.3) is 11.1 Å². The molecule has 0 saturated carbocycles. The van der Waals surface area contributed by atoms with Crippen molar-refractivity contribution in [1.82, 2.24) is 0 Å². The molecule has 0 aliphatic heterocycles. The Hall–Kier alpha value is -4.26. The van der Waals surface area contributed by atoms with E-state index < -0.39 is 22.4 Å². The highest BCUT2D eigenvalue weighted by Gasteiger charge is 2.27. The summed E-state index contributed by atoms with van der Waals surface area (Å²) < 4.78 is 11.1. The second-order valence-electron chi connectivity index (χ2n) is 8.70. The summed E-state index contributed by atoms with van der Waals surface area (Å²) in [5, 5.41) is -1.21. The highest BCUT2D eigenvalue weighted by molar-refractivity contribution is 6.68. The van der Waals surface area contributed by atoms with Crippen molar-refractivity contribution in [2.24, 2.45) is 0 Å². The van der Waals surface area contributed by atoms with Gasteiger partial charge in [0.25, 0.3) is 10.5 Å². The van der Waals surface area contributed by atoms with E-state index in [4.69, 9.17) is 32.7 Å². The molecule has 4 aromatic carbocycles. The Bertz CT molecular complexity index is 1490. The molecule has 0 radical (unpaired) electrons. The van der Waals surface area contributed by atoms with Gasteiger partial charge in [0.05, 0.1) is 11.1 Å². The maximum atomic E-state index is 12.6. The molecule has 0 heterocycles. The molecule has 1 aliphatic carbocycles. The lowest BCUT2D eigenvalue weighted by Gasteiger charge is -2.10. The third kappa shape index (κ3) is 4.96. The van der Waals surface area contributed by atoms with Crippen LogP contribution in [-0.2, 0) is 0 Å². The number of esters is 2. The lowest BCUT2D eigenvalue weighted by atomic mass is 9.99. The maximum Gasteiger partial charge on any atom is 0.343 e. The molecule has 0 amide bonds. The molecule has 4 aromatic rings. The summed E-state index contributed by atoms with van der Waals surface area (Å²) in [7, 11) is 0. The number of ether oxygens (including phenoxy) is 2. The number of hydrogen-bond acceptors (Lipinski definition) is 6. The van der Waals surface area contributed by atoms with Gasteiger partial charge in [-0.25, -0.2) is 9.59 Å². The predicted molar refractivity (Wildman–Crippen MR) is 143 cm³/mol. The molecule has 0 saturated heterocycles. The fourth-order valence-corrected chi connectivity index (χ4v) is 4.64. The zero-order valence-electron chi connectivity index (χ0n) is 19.9. The molecular formula is C30H18Cl2O6. The van der Waals surface area contributed by atoms with Crippen molar-refractivity contribution in [2.75, 3.05) is 0 Å². The Balaban J connectivity index is 1.32. The molecule has 1 aliphatic rings. The molecule has 6 nitrogen and oxygen atoms in total. The largest absolute Gasteiger partial charge is 0.423 e. The van der Waals surface area contributed by atoms with Gasteiger partial charge in [0.2, 0.25) is 0 Å². The quantitative estimate of drug-likeness (QED) is 0.147. The second kappa shape index (κ2) is 10.2. The monoisotopic (exact) mass is 544 g/mol. The van der Waals surface area contributed by atoms with Gasteiger partial charge in [-0.05, 0) is 118 Å². The van der Waals surface area contributed by atoms with Crippen molar-refractivity contribution >= 4 is 45.6 Å². The SMILES string of the molecule is CC1c2cc(OC(=O)c3ccc(C(=O)Cl)cc3)ccc2-c2ccc(OC(=O)c3ccc(C(=O)Cl)cc3)cc21. The molecule has 188 valence electrons. The van der Waals surface area contributed by atoms with E-state index in [9.17, 15) is 19.2 Å². The highest BCUT2D eigenvalue weighted by atomic mass is 35.5. The average Bonchev–Trinajstić information content (AvgIpc) is 3.19. The van der Waals surface area contributed by atoms with Gasteiger partial charge in [0, 0.05) is 17.0 Å². The molecule has 0 aromatic heterocycles. The van der Waals surface area contributed by atoms with E-state index in [1.807, 2.05) is 31.2 Å². The van der Waals surface area contributed by atoms with E-state index in [-0.39, 0.29) is 17.0 Å². The molecule has 0 N–H and O–H groups in total. The van der Waals surface area contributed by atoms with Crippen molar-refractivity contribution in [1.29, 1.82) is 0 Å². The van der Waals surface area contributed by atoms with Gasteiger partial charge in [-0.2, -0.15) is 0 Å². The number of fused-ring (bicyclic) bond motifs is 3. The second-order valence-corrected chi connectivity index (χ2v) is 9.39. The molecule has 0 spiro atoms. The number of benzene rings is 4. The summed E-state index contributed by atoms with van der Waals surface area (Å²) in [5.41, 5.74) is 5.10. The third-order valence-corrected chi connectivity index (χ3v) is 6.82. The van der Waals surface area contributed by atoms with Gasteiger partial charge in [0.15, 0.2) is 0 Å². The van der Waals surface area contributed by atoms with Crippen LogP contribution in [0.2, 0.25) is 0 Å². The molecule has 38 heavy (non-hydrogen) atoms. The van der Waals surface area contributed by atoms with E-state index in [1.54, 1.807) is 12.1 Å². The van der Waals surface area contributed by atoms with Gasteiger partial charge in [-0.1, -0.05) is 19.1 Å². The first kappa shape index (κ1) is 25.4. The first-order valence-electron chi connectivity index (χ1n) is 11.5. The third-order valence-electron chi connectivity index (χ3n) is 6.39. The van der Waals surface area contributed by atoms with Crippen LogP contribution >= 0.6 is 23.2 Å². The first-order valence-corrected chi connectivity index (χ1v) is 12.3. The van der Waals surface area contributed by atoms with Crippen LogP contribution < -0.4 is 9.47 Å². The fourth-order valence-electron chi connectivity index (χ4n) is 4.39. The number of hydrogen-bond donors (Lipinski definition) is 0. The minimum absolute atomic E-state index is 0.0414. The Labute approximate surface area is 227 Å². The predicted octanol–water partition coefficient (Wildman–Crippen LogP) is 7.02. The van der Waals surface area contributed by atoms with E-state index in [0.29, 0.717) is 22.6 Å². The summed E-state index contributed by atoms with van der Waals surface area (Å²) in [6.45, 7) is 2.02. The standard InChI is InChI=1S/C30H18Cl2O6/c1-16-25-14-21(37-29(35)19-6-2-17(3-7-19)27(31)33)10-12-23(25)24-13-11-22(15-26(16)24)38-30(36)20-8-4-18(5-9-20)28(32)34/h2-16H,1H3. The van der Waals surface area contributed by atoms with E-state index in [0.717, 1.165) is 22.3 Å². The van der Waals surface area contributed by atoms with Crippen LogP contribution in [0.3, 0.4) is 0 Å². The van der Waals surface area contributed by atoms with Crippen LogP contribution in [0.15, 0.2) is 84.9 Å². The summed E-state index contributed by atoms with van der Waals surface area (Å²) in [5.74, 6) is -0.383. The van der Waals surface area contributed by atoms with Gasteiger partial charge in [-0.15, -0.1) is 0 Å². The number of rotatable bonds is 6. The van der Waals surface area contributed by atoms with Gasteiger partial charge < -0.3 is 9.47 Å². The Morgan fingerprint density at radius 2 is 0.895 bits per heavy atom. The molecule has 0 bridgehead atoms. The minimum Gasteiger partial charge on any atom is -0.423 e. The Morgan fingerprint density at radius 1 is 0.553 bits per heavy atom. The smallest absolute Gasteiger partial charge is 0.343 e. The normalized spacial score (nSPS) is 11.9. The number of halogens is 2. The molecule has 8 heteroatoms. The minimum atomic E-state index is -0.603. The van der Waals surface area contributed by atoms with Gasteiger partial charge in [0.1, 0.15) is 11.5 Å². The van der Waals surface area contributed by atoms with Crippen LogP contribution in [0.1, 0.15) is 65.4 Å². The summed E-state index contributed by atoms with van der Waals surface area (Å²) in [6, 6.07) is 22.7. The first-order chi connectivity index (χ1) is 18.2. The molecule has 0 fully saturated rings. The van der Waals surface area contributed by atoms with Crippen LogP contribution in [0.4, 0.5) is 0 Å². The van der Waals surface area contributed by atoms with Crippen LogP contribution in [0.5, 0.6) is 11.5 Å². The van der Waals surface area contributed by atoms with Crippen molar-refractivity contribution in [3.8, 4) is 22.6 Å². The van der Waals surface area contributed by atoms with E-state index in [2.05, 4.69) is 0 Å². The molecule has 0 unspecified atom stereocenters. The number of carbonyl (C=O) groups is 4. The zero-order chi connectivity index (χ0) is 27.0. The maximum absolute atomic E-state index is 12.6. The fraction of sp³-hybridized carbons (Fsp3) is 0.0667. The molecule has 0 atom stereocenters. The lowest BCUT2D eigenvalue weighted by molar-refractivity contribution is 0.0725. The van der Waals surface area contributed by atoms with Gasteiger partial charge in [-0.3, -0.25) is 9.59 Å². The van der Waals surface area contributed by atoms with Crippen molar-refractivity contribution in [3.63, 3.8) is 0 Å². The topological polar surface area (TPSA) is 86.7 Å².